The molecule has 2 atom stereocenters. The van der Waals surface area contributed by atoms with Crippen molar-refractivity contribution in [2.75, 3.05) is 41.0 Å². The fourth-order valence-corrected chi connectivity index (χ4v) is 6.02. The number of carbonyl (C=O) groups excluding carboxylic acids is 2. The van der Waals surface area contributed by atoms with Crippen molar-refractivity contribution in [3.8, 4) is 0 Å². The Bertz CT molecular complexity index is 895. The number of esters is 2. The molecule has 0 aromatic rings. The van der Waals surface area contributed by atoms with E-state index in [1.165, 1.54) is 83.5 Å². The van der Waals surface area contributed by atoms with Crippen LogP contribution in [0.4, 0.5) is 0 Å². The number of quaternary nitrogens is 1. The molecule has 0 rings (SSSR count). The molecule has 0 amide bonds. The molecule has 0 spiro atoms. The van der Waals surface area contributed by atoms with Gasteiger partial charge in [-0.1, -0.05) is 122 Å². The summed E-state index contributed by atoms with van der Waals surface area (Å²) in [6.07, 6.45) is 36.4. The predicted molar refractivity (Wildman–Crippen MR) is 211 cm³/mol. The normalized spacial score (nSPS) is 13.2. The zero-order chi connectivity index (χ0) is 37.8. The van der Waals surface area contributed by atoms with E-state index >= 15 is 0 Å². The van der Waals surface area contributed by atoms with Gasteiger partial charge in [-0.3, -0.25) is 9.59 Å². The lowest BCUT2D eigenvalue weighted by atomic mass is 10.1. The zero-order valence-corrected chi connectivity index (χ0v) is 33.8. The first kappa shape index (κ1) is 48.8. The van der Waals surface area contributed by atoms with Crippen LogP contribution in [-0.2, 0) is 28.6 Å². The molecule has 0 aliphatic rings. The summed E-state index contributed by atoms with van der Waals surface area (Å²) in [5, 5.41) is 9.59. The van der Waals surface area contributed by atoms with E-state index in [1.54, 1.807) is 0 Å². The van der Waals surface area contributed by atoms with E-state index < -0.39 is 18.1 Å². The number of allylic oxidation sites excluding steroid dienone is 4. The Kier molecular flexibility index (Phi) is 33.4. The van der Waals surface area contributed by atoms with Crippen LogP contribution in [0.3, 0.4) is 0 Å². The first-order valence-electron chi connectivity index (χ1n) is 20.9. The molecule has 0 aliphatic carbocycles. The molecule has 51 heavy (non-hydrogen) atoms. The highest BCUT2D eigenvalue weighted by Gasteiger charge is 2.31. The molecule has 0 saturated heterocycles. The second kappa shape index (κ2) is 34.9. The van der Waals surface area contributed by atoms with E-state index in [0.717, 1.165) is 64.2 Å². The van der Waals surface area contributed by atoms with Gasteiger partial charge in [0.15, 0.2) is 12.1 Å². The van der Waals surface area contributed by atoms with E-state index in [-0.39, 0.29) is 36.2 Å². The molecule has 0 saturated carbocycles. The Labute approximate surface area is 313 Å². The number of rotatable bonds is 37. The minimum absolute atomic E-state index is 0.0527. The SMILES string of the molecule is CCCCCCCC/C=C/CCCCCC(=O)OCC(COCCC(C(=O)O)[N+](C)(C)C)OC(=O)CCCCC/C=C/CCCCCCCCC. The summed E-state index contributed by atoms with van der Waals surface area (Å²) in [5.41, 5.74) is 0. The number of unbranched alkanes of at least 4 members (excludes halogenated alkanes) is 19. The van der Waals surface area contributed by atoms with Crippen LogP contribution in [-0.4, -0.2) is 80.6 Å². The van der Waals surface area contributed by atoms with Crippen LogP contribution in [0, 0.1) is 0 Å². The zero-order valence-electron chi connectivity index (χ0n) is 33.8. The molecule has 1 N–H and O–H groups in total. The molecule has 0 aromatic carbocycles. The quantitative estimate of drug-likeness (QED) is 0.0295. The summed E-state index contributed by atoms with van der Waals surface area (Å²) >= 11 is 0. The van der Waals surface area contributed by atoms with E-state index in [4.69, 9.17) is 14.2 Å². The van der Waals surface area contributed by atoms with Crippen LogP contribution in [0.25, 0.3) is 0 Å². The third-order valence-corrected chi connectivity index (χ3v) is 9.32. The molecular weight excluding hydrogens is 642 g/mol. The largest absolute Gasteiger partial charge is 0.477 e. The summed E-state index contributed by atoms with van der Waals surface area (Å²) < 4.78 is 17.2. The minimum Gasteiger partial charge on any atom is -0.477 e. The van der Waals surface area contributed by atoms with Gasteiger partial charge in [0, 0.05) is 19.3 Å². The van der Waals surface area contributed by atoms with E-state index in [1.807, 2.05) is 21.1 Å². The van der Waals surface area contributed by atoms with Crippen molar-refractivity contribution >= 4 is 17.9 Å². The number of ether oxygens (including phenoxy) is 3. The van der Waals surface area contributed by atoms with Gasteiger partial charge < -0.3 is 23.8 Å². The number of aliphatic carboxylic acids is 1. The summed E-state index contributed by atoms with van der Waals surface area (Å²) in [4.78, 5) is 36.8. The number of nitrogens with zero attached hydrogens (tertiary/aromatic N) is 1. The maximum atomic E-state index is 12.7. The minimum atomic E-state index is -0.879. The Morgan fingerprint density at radius 1 is 0.569 bits per heavy atom. The summed E-state index contributed by atoms with van der Waals surface area (Å²) in [6, 6.07) is -0.616. The van der Waals surface area contributed by atoms with Gasteiger partial charge in [-0.25, -0.2) is 4.79 Å². The molecular formula is C43H80NO7+. The smallest absolute Gasteiger partial charge is 0.362 e. The van der Waals surface area contributed by atoms with Crippen molar-refractivity contribution in [3.63, 3.8) is 0 Å². The first-order valence-corrected chi connectivity index (χ1v) is 20.9. The average Bonchev–Trinajstić information content (AvgIpc) is 3.08. The fraction of sp³-hybridized carbons (Fsp3) is 0.837. The maximum absolute atomic E-state index is 12.7. The van der Waals surface area contributed by atoms with Crippen molar-refractivity contribution in [3.05, 3.63) is 24.3 Å². The predicted octanol–water partition coefficient (Wildman–Crippen LogP) is 10.9. The molecule has 0 fully saturated rings. The fourth-order valence-electron chi connectivity index (χ4n) is 6.02. The third-order valence-electron chi connectivity index (χ3n) is 9.32. The molecule has 0 aliphatic heterocycles. The van der Waals surface area contributed by atoms with Gasteiger partial charge in [-0.15, -0.1) is 0 Å². The second-order valence-electron chi connectivity index (χ2n) is 15.2. The average molecular weight is 723 g/mol. The van der Waals surface area contributed by atoms with Crippen LogP contribution in [0.15, 0.2) is 24.3 Å². The van der Waals surface area contributed by atoms with Crippen LogP contribution < -0.4 is 0 Å². The molecule has 0 aromatic heterocycles. The molecule has 2 unspecified atom stereocenters. The van der Waals surface area contributed by atoms with Crippen molar-refractivity contribution < 1.29 is 38.2 Å². The van der Waals surface area contributed by atoms with Crippen molar-refractivity contribution in [2.24, 2.45) is 0 Å². The van der Waals surface area contributed by atoms with Gasteiger partial charge in [0.1, 0.15) is 6.61 Å². The van der Waals surface area contributed by atoms with Crippen LogP contribution in [0.2, 0.25) is 0 Å². The molecule has 0 radical (unpaired) electrons. The standard InChI is InChI=1S/C43H79NO7/c1-6-8-10-12-14-16-18-20-22-24-26-28-30-32-34-42(46)51-39(37-49-36-35-40(43(47)48)44(3,4)5)38-50-41(45)33-31-29-27-25-23-21-19-17-15-13-11-9-7-2/h21-24,39-40H,6-20,25-38H2,1-5H3/p+1/b23-21+,24-22+. The molecule has 298 valence electrons. The van der Waals surface area contributed by atoms with Crippen molar-refractivity contribution in [1.82, 2.24) is 0 Å². The topological polar surface area (TPSA) is 99.1 Å². The highest BCUT2D eigenvalue weighted by Crippen LogP contribution is 2.13. The second-order valence-corrected chi connectivity index (χ2v) is 15.2. The number of carboxylic acids is 1. The number of likely N-dealkylation sites (N-methyl/N-ethyl adjacent to an activating group) is 1. The third kappa shape index (κ3) is 33.4. The Morgan fingerprint density at radius 2 is 0.980 bits per heavy atom. The van der Waals surface area contributed by atoms with E-state index in [0.29, 0.717) is 19.3 Å². The van der Waals surface area contributed by atoms with Crippen LogP contribution >= 0.6 is 0 Å². The lowest BCUT2D eigenvalue weighted by molar-refractivity contribution is -0.887. The van der Waals surface area contributed by atoms with E-state index in [9.17, 15) is 19.5 Å². The molecule has 8 nitrogen and oxygen atoms in total. The lowest BCUT2D eigenvalue weighted by Crippen LogP contribution is -2.50. The highest BCUT2D eigenvalue weighted by atomic mass is 16.6. The highest BCUT2D eigenvalue weighted by molar-refractivity contribution is 5.72. The van der Waals surface area contributed by atoms with E-state index in [2.05, 4.69) is 38.2 Å². The maximum Gasteiger partial charge on any atom is 0.362 e. The number of hydrogen-bond acceptors (Lipinski definition) is 6. The number of carbonyl (C=O) groups is 3. The van der Waals surface area contributed by atoms with Gasteiger partial charge in [0.25, 0.3) is 0 Å². The van der Waals surface area contributed by atoms with Gasteiger partial charge in [0.2, 0.25) is 0 Å². The van der Waals surface area contributed by atoms with Crippen LogP contribution in [0.1, 0.15) is 181 Å². The molecule has 8 heteroatoms. The van der Waals surface area contributed by atoms with Crippen LogP contribution in [0.5, 0.6) is 0 Å². The summed E-state index contributed by atoms with van der Waals surface area (Å²) in [7, 11) is 5.51. The Balaban J connectivity index is 4.42. The Hall–Kier alpha value is -2.19. The number of hydrogen-bond donors (Lipinski definition) is 1. The number of carboxylic acid groups (broad SMARTS) is 1. The summed E-state index contributed by atoms with van der Waals surface area (Å²) in [6.45, 7) is 4.69. The van der Waals surface area contributed by atoms with Gasteiger partial charge in [-0.05, 0) is 64.2 Å². The van der Waals surface area contributed by atoms with Gasteiger partial charge in [-0.2, -0.15) is 0 Å². The monoisotopic (exact) mass is 723 g/mol. The van der Waals surface area contributed by atoms with Crippen molar-refractivity contribution in [2.45, 2.75) is 193 Å². The molecule has 0 bridgehead atoms. The van der Waals surface area contributed by atoms with Gasteiger partial charge in [0.05, 0.1) is 34.4 Å². The van der Waals surface area contributed by atoms with Gasteiger partial charge >= 0.3 is 17.9 Å². The van der Waals surface area contributed by atoms with Crippen molar-refractivity contribution in [1.29, 1.82) is 0 Å². The molecule has 0 heterocycles. The first-order chi connectivity index (χ1) is 24.6. The Morgan fingerprint density at radius 3 is 1.41 bits per heavy atom. The summed E-state index contributed by atoms with van der Waals surface area (Å²) in [5.74, 6) is -1.50. The lowest BCUT2D eigenvalue weighted by Gasteiger charge is -2.31.